The van der Waals surface area contributed by atoms with Gasteiger partial charge in [0, 0.05) is 41.4 Å². The molecule has 41 heavy (non-hydrogen) atoms. The van der Waals surface area contributed by atoms with Crippen LogP contribution in [-0.4, -0.2) is 95.4 Å². The van der Waals surface area contributed by atoms with Gasteiger partial charge in [-0.1, -0.05) is 23.7 Å². The number of para-hydroxylation sites is 1. The third kappa shape index (κ3) is 7.26. The Morgan fingerprint density at radius 2 is 1.66 bits per heavy atom. The van der Waals surface area contributed by atoms with Crippen LogP contribution in [0.4, 0.5) is 23.1 Å². The predicted molar refractivity (Wildman–Crippen MR) is 160 cm³/mol. The first kappa shape index (κ1) is 30.9. The second-order valence-corrected chi connectivity index (χ2v) is 12.4. The molecule has 0 saturated carbocycles. The number of halogens is 1. The van der Waals surface area contributed by atoms with Gasteiger partial charge in [0.05, 0.1) is 43.9 Å². The van der Waals surface area contributed by atoms with E-state index in [1.54, 1.807) is 39.5 Å². The lowest BCUT2D eigenvalue weighted by atomic mass is 10.0. The summed E-state index contributed by atoms with van der Waals surface area (Å²) in [4.78, 5) is 11.4. The second kappa shape index (κ2) is 13.8. The molecule has 2 heterocycles. The first-order chi connectivity index (χ1) is 19.7. The molecule has 11 nitrogen and oxygen atoms in total. The number of benzene rings is 2. The number of hydrogen-bond donors (Lipinski definition) is 2. The summed E-state index contributed by atoms with van der Waals surface area (Å²) in [5, 5.41) is 6.56. The standard InChI is InChI=1S/C28H37ClN6O5S/c1-34(2)41(36,37)26-9-7-6-8-23(26)31-27-22(29)16-30-28(33-27)32-24-14-19-10-12-35(21(17-38-3)18-39-4)13-11-20(19)15-25(24)40-5/h6-9,14-16,21H,10-13,17-18H2,1-5H3,(H2,30,31,32,33). The topological polar surface area (TPSA) is 118 Å². The van der Waals surface area contributed by atoms with Gasteiger partial charge in [-0.25, -0.2) is 17.7 Å². The van der Waals surface area contributed by atoms with Gasteiger partial charge in [-0.05, 0) is 48.2 Å². The van der Waals surface area contributed by atoms with E-state index in [1.807, 2.05) is 0 Å². The summed E-state index contributed by atoms with van der Waals surface area (Å²) in [5.41, 5.74) is 3.50. The van der Waals surface area contributed by atoms with Crippen molar-refractivity contribution in [2.45, 2.75) is 23.8 Å². The van der Waals surface area contributed by atoms with Gasteiger partial charge in [0.25, 0.3) is 0 Å². The molecule has 1 aliphatic heterocycles. The van der Waals surface area contributed by atoms with Crippen LogP contribution in [0.3, 0.4) is 0 Å². The van der Waals surface area contributed by atoms with Crippen molar-refractivity contribution in [3.05, 3.63) is 58.7 Å². The number of rotatable bonds is 12. The number of methoxy groups -OCH3 is 3. The molecule has 0 aliphatic carbocycles. The fraction of sp³-hybridized carbons (Fsp3) is 0.429. The van der Waals surface area contributed by atoms with Crippen LogP contribution in [-0.2, 0) is 32.3 Å². The molecule has 0 bridgehead atoms. The molecule has 0 saturated heterocycles. The first-order valence-corrected chi connectivity index (χ1v) is 15.0. The highest BCUT2D eigenvalue weighted by atomic mass is 35.5. The summed E-state index contributed by atoms with van der Waals surface area (Å²) in [5.74, 6) is 1.20. The molecule has 0 radical (unpaired) electrons. The first-order valence-electron chi connectivity index (χ1n) is 13.2. The maximum absolute atomic E-state index is 12.8. The Morgan fingerprint density at radius 1 is 1.00 bits per heavy atom. The van der Waals surface area contributed by atoms with Gasteiger partial charge in [-0.2, -0.15) is 4.98 Å². The Hall–Kier alpha value is -3.00. The number of fused-ring (bicyclic) bond motifs is 1. The molecular weight excluding hydrogens is 568 g/mol. The van der Waals surface area contributed by atoms with E-state index in [9.17, 15) is 8.42 Å². The van der Waals surface area contributed by atoms with Crippen molar-refractivity contribution in [1.82, 2.24) is 19.2 Å². The average molecular weight is 605 g/mol. The van der Waals surface area contributed by atoms with Gasteiger partial charge < -0.3 is 24.8 Å². The summed E-state index contributed by atoms with van der Waals surface area (Å²) >= 11 is 6.41. The number of nitrogens with one attached hydrogen (secondary N) is 2. The average Bonchev–Trinajstić information content (AvgIpc) is 3.16. The number of aromatic nitrogens is 2. The highest BCUT2D eigenvalue weighted by Crippen LogP contribution is 2.34. The predicted octanol–water partition coefficient (Wildman–Crippen LogP) is 3.94. The second-order valence-electron chi connectivity index (χ2n) is 9.85. The summed E-state index contributed by atoms with van der Waals surface area (Å²) in [6.45, 7) is 2.98. The summed E-state index contributed by atoms with van der Waals surface area (Å²) in [6.07, 6.45) is 3.18. The van der Waals surface area contributed by atoms with Crippen LogP contribution in [0.2, 0.25) is 5.02 Å². The van der Waals surface area contributed by atoms with Crippen molar-refractivity contribution in [1.29, 1.82) is 0 Å². The van der Waals surface area contributed by atoms with E-state index in [0.29, 0.717) is 30.3 Å². The van der Waals surface area contributed by atoms with E-state index in [1.165, 1.54) is 37.5 Å². The lowest BCUT2D eigenvalue weighted by molar-refractivity contribution is 0.0377. The van der Waals surface area contributed by atoms with Crippen LogP contribution in [0.5, 0.6) is 5.75 Å². The van der Waals surface area contributed by atoms with E-state index >= 15 is 0 Å². The fourth-order valence-corrected chi connectivity index (χ4v) is 5.98. The highest BCUT2D eigenvalue weighted by Gasteiger charge is 2.24. The van der Waals surface area contributed by atoms with E-state index in [2.05, 4.69) is 37.6 Å². The van der Waals surface area contributed by atoms with Gasteiger partial charge in [-0.3, -0.25) is 4.90 Å². The molecular formula is C28H37ClN6O5S. The van der Waals surface area contributed by atoms with Gasteiger partial charge >= 0.3 is 0 Å². The smallest absolute Gasteiger partial charge is 0.244 e. The largest absolute Gasteiger partial charge is 0.495 e. The van der Waals surface area contributed by atoms with Crippen LogP contribution in [0, 0.1) is 0 Å². The van der Waals surface area contributed by atoms with E-state index in [4.69, 9.17) is 25.8 Å². The lowest BCUT2D eigenvalue weighted by Crippen LogP contribution is -2.43. The van der Waals surface area contributed by atoms with E-state index < -0.39 is 10.0 Å². The number of ether oxygens (including phenoxy) is 3. The zero-order valence-corrected chi connectivity index (χ0v) is 25.6. The molecule has 4 rings (SSSR count). The van der Waals surface area contributed by atoms with Crippen LogP contribution in [0.1, 0.15) is 11.1 Å². The minimum atomic E-state index is -3.70. The zero-order chi connectivity index (χ0) is 29.6. The minimum absolute atomic E-state index is 0.105. The molecule has 0 fully saturated rings. The van der Waals surface area contributed by atoms with Gasteiger partial charge in [0.2, 0.25) is 16.0 Å². The summed E-state index contributed by atoms with van der Waals surface area (Å²) in [6, 6.07) is 10.9. The molecule has 3 aromatic rings. The van der Waals surface area contributed by atoms with Crippen LogP contribution in [0.25, 0.3) is 0 Å². The SMILES string of the molecule is COCC(COC)N1CCc2cc(Nc3ncc(Cl)c(Nc4ccccc4S(=O)(=O)N(C)C)n3)c(OC)cc2CC1. The van der Waals surface area contributed by atoms with Gasteiger partial charge in [0.1, 0.15) is 15.7 Å². The summed E-state index contributed by atoms with van der Waals surface area (Å²) in [7, 11) is 4.31. The van der Waals surface area contributed by atoms with Crippen molar-refractivity contribution in [2.24, 2.45) is 0 Å². The van der Waals surface area contributed by atoms with Crippen molar-refractivity contribution in [2.75, 3.05) is 72.4 Å². The number of anilines is 4. The third-order valence-corrected chi connectivity index (χ3v) is 9.13. The van der Waals surface area contributed by atoms with Crippen LogP contribution in [0.15, 0.2) is 47.5 Å². The highest BCUT2D eigenvalue weighted by molar-refractivity contribution is 7.89. The molecule has 222 valence electrons. The minimum Gasteiger partial charge on any atom is -0.495 e. The van der Waals surface area contributed by atoms with E-state index in [0.717, 1.165) is 30.2 Å². The van der Waals surface area contributed by atoms with Crippen LogP contribution >= 0.6 is 11.6 Å². The van der Waals surface area contributed by atoms with Gasteiger partial charge in [-0.15, -0.1) is 0 Å². The molecule has 13 heteroatoms. The van der Waals surface area contributed by atoms with Crippen molar-refractivity contribution in [3.8, 4) is 5.75 Å². The third-order valence-electron chi connectivity index (χ3n) is 6.98. The number of sulfonamides is 1. The molecule has 2 aromatic carbocycles. The normalized spacial score (nSPS) is 14.1. The van der Waals surface area contributed by atoms with Gasteiger partial charge in [0.15, 0.2) is 5.82 Å². The van der Waals surface area contributed by atoms with Crippen molar-refractivity contribution < 1.29 is 22.6 Å². The maximum atomic E-state index is 12.8. The quantitative estimate of drug-likeness (QED) is 0.315. The van der Waals surface area contributed by atoms with Crippen LogP contribution < -0.4 is 15.4 Å². The molecule has 0 spiro atoms. The molecule has 1 aromatic heterocycles. The fourth-order valence-electron chi connectivity index (χ4n) is 4.80. The molecule has 2 N–H and O–H groups in total. The van der Waals surface area contributed by atoms with Crippen molar-refractivity contribution >= 4 is 44.8 Å². The zero-order valence-electron chi connectivity index (χ0n) is 24.0. The monoisotopic (exact) mass is 604 g/mol. The lowest BCUT2D eigenvalue weighted by Gasteiger charge is -2.29. The Labute approximate surface area is 246 Å². The number of hydrogen-bond acceptors (Lipinski definition) is 10. The van der Waals surface area contributed by atoms with E-state index in [-0.39, 0.29) is 27.7 Å². The molecule has 1 aliphatic rings. The molecule has 0 amide bonds. The molecule has 0 unspecified atom stereocenters. The number of nitrogens with zero attached hydrogens (tertiary/aromatic N) is 4. The molecule has 0 atom stereocenters. The Balaban J connectivity index is 1.59. The Kier molecular flexibility index (Phi) is 10.4. The van der Waals surface area contributed by atoms with Crippen molar-refractivity contribution in [3.63, 3.8) is 0 Å². The maximum Gasteiger partial charge on any atom is 0.244 e. The summed E-state index contributed by atoms with van der Waals surface area (Å²) < 4.78 is 43.4. The Bertz CT molecular complexity index is 1450. The Morgan fingerprint density at radius 3 is 2.29 bits per heavy atom.